The predicted octanol–water partition coefficient (Wildman–Crippen LogP) is 2.65. The molecule has 1 unspecified atom stereocenters. The van der Waals surface area contributed by atoms with Crippen LogP contribution in [0.25, 0.3) is 0 Å². The standard InChI is InChI=1S/C18H15ClN2O3/c19-13-8-4-7-12(10-13)14(9-11-5-2-1-3-6-11)15-16(22)20-18(24)21-17(15)23/h1-8,10,14-15H,9H2,(H2,20,21,22,23,24). The molecule has 1 saturated heterocycles. The van der Waals surface area contributed by atoms with Gasteiger partial charge in [0, 0.05) is 10.9 Å². The second kappa shape index (κ2) is 6.84. The fourth-order valence-electron chi connectivity index (χ4n) is 2.93. The van der Waals surface area contributed by atoms with E-state index in [1.807, 2.05) is 36.4 Å². The van der Waals surface area contributed by atoms with Crippen molar-refractivity contribution in [3.63, 3.8) is 0 Å². The van der Waals surface area contributed by atoms with Crippen LogP contribution in [-0.4, -0.2) is 17.8 Å². The molecule has 2 aromatic carbocycles. The highest BCUT2D eigenvalue weighted by molar-refractivity contribution is 6.30. The average molecular weight is 343 g/mol. The summed E-state index contributed by atoms with van der Waals surface area (Å²) < 4.78 is 0. The van der Waals surface area contributed by atoms with Crippen molar-refractivity contribution in [3.8, 4) is 0 Å². The fraction of sp³-hybridized carbons (Fsp3) is 0.167. The Morgan fingerprint density at radius 1 is 0.917 bits per heavy atom. The first kappa shape index (κ1) is 16.2. The summed E-state index contributed by atoms with van der Waals surface area (Å²) >= 11 is 6.07. The van der Waals surface area contributed by atoms with Gasteiger partial charge in [0.1, 0.15) is 5.92 Å². The van der Waals surface area contributed by atoms with Gasteiger partial charge in [-0.2, -0.15) is 0 Å². The largest absolute Gasteiger partial charge is 0.328 e. The van der Waals surface area contributed by atoms with Crippen molar-refractivity contribution in [2.75, 3.05) is 0 Å². The maximum Gasteiger partial charge on any atom is 0.328 e. The Hall–Kier alpha value is -2.66. The van der Waals surface area contributed by atoms with E-state index in [2.05, 4.69) is 10.6 Å². The van der Waals surface area contributed by atoms with Crippen molar-refractivity contribution >= 4 is 29.4 Å². The molecule has 24 heavy (non-hydrogen) atoms. The number of urea groups is 1. The van der Waals surface area contributed by atoms with Crippen LogP contribution in [0.1, 0.15) is 17.0 Å². The maximum absolute atomic E-state index is 12.3. The molecular weight excluding hydrogens is 328 g/mol. The normalized spacial score (nSPS) is 16.5. The second-order valence-corrected chi connectivity index (χ2v) is 6.07. The van der Waals surface area contributed by atoms with E-state index in [9.17, 15) is 14.4 Å². The summed E-state index contributed by atoms with van der Waals surface area (Å²) in [7, 11) is 0. The Bertz CT molecular complexity index is 772. The number of amides is 4. The van der Waals surface area contributed by atoms with E-state index in [0.717, 1.165) is 11.1 Å². The van der Waals surface area contributed by atoms with Crippen molar-refractivity contribution in [3.05, 3.63) is 70.7 Å². The number of hydrogen-bond acceptors (Lipinski definition) is 3. The molecule has 0 spiro atoms. The molecule has 5 nitrogen and oxygen atoms in total. The van der Waals surface area contributed by atoms with Crippen LogP contribution in [-0.2, 0) is 16.0 Å². The molecule has 3 rings (SSSR count). The minimum Gasteiger partial charge on any atom is -0.277 e. The number of halogens is 1. The topological polar surface area (TPSA) is 75.3 Å². The number of hydrogen-bond donors (Lipinski definition) is 2. The highest BCUT2D eigenvalue weighted by atomic mass is 35.5. The third-order valence-corrected chi connectivity index (χ3v) is 4.25. The van der Waals surface area contributed by atoms with Crippen LogP contribution >= 0.6 is 11.6 Å². The second-order valence-electron chi connectivity index (χ2n) is 5.64. The van der Waals surface area contributed by atoms with E-state index >= 15 is 0 Å². The number of imide groups is 2. The zero-order valence-corrected chi connectivity index (χ0v) is 13.4. The summed E-state index contributed by atoms with van der Waals surface area (Å²) in [5.74, 6) is -2.62. The van der Waals surface area contributed by atoms with Gasteiger partial charge in [0.05, 0.1) is 0 Å². The molecular formula is C18H15ClN2O3. The summed E-state index contributed by atoms with van der Waals surface area (Å²) in [5.41, 5.74) is 1.76. The molecule has 0 saturated carbocycles. The van der Waals surface area contributed by atoms with E-state index in [4.69, 9.17) is 11.6 Å². The molecule has 0 aromatic heterocycles. The summed E-state index contributed by atoms with van der Waals surface area (Å²) in [5, 5.41) is 4.86. The van der Waals surface area contributed by atoms with Gasteiger partial charge in [-0.25, -0.2) is 4.79 Å². The van der Waals surface area contributed by atoms with Crippen molar-refractivity contribution in [1.82, 2.24) is 10.6 Å². The van der Waals surface area contributed by atoms with Crippen LogP contribution in [0.4, 0.5) is 4.79 Å². The predicted molar refractivity (Wildman–Crippen MR) is 89.5 cm³/mol. The van der Waals surface area contributed by atoms with Gasteiger partial charge in [0.15, 0.2) is 0 Å². The minimum absolute atomic E-state index is 0.431. The minimum atomic E-state index is -0.999. The van der Waals surface area contributed by atoms with Gasteiger partial charge in [-0.05, 0) is 29.7 Å². The first-order chi connectivity index (χ1) is 11.5. The molecule has 1 aliphatic heterocycles. The molecule has 2 aromatic rings. The van der Waals surface area contributed by atoms with Gasteiger partial charge >= 0.3 is 6.03 Å². The Labute approximate surface area is 144 Å². The Morgan fingerprint density at radius 3 is 2.21 bits per heavy atom. The SMILES string of the molecule is O=C1NC(=O)C(C(Cc2ccccc2)c2cccc(Cl)c2)C(=O)N1. The van der Waals surface area contributed by atoms with E-state index in [-0.39, 0.29) is 0 Å². The number of benzene rings is 2. The molecule has 1 aliphatic rings. The lowest BCUT2D eigenvalue weighted by Gasteiger charge is -2.28. The van der Waals surface area contributed by atoms with E-state index in [1.165, 1.54) is 0 Å². The molecule has 1 atom stereocenters. The molecule has 0 aliphatic carbocycles. The van der Waals surface area contributed by atoms with Gasteiger partial charge in [0.25, 0.3) is 0 Å². The number of carbonyl (C=O) groups is 3. The monoisotopic (exact) mass is 342 g/mol. The van der Waals surface area contributed by atoms with Gasteiger partial charge < -0.3 is 0 Å². The fourth-order valence-corrected chi connectivity index (χ4v) is 3.13. The zero-order valence-electron chi connectivity index (χ0n) is 12.7. The first-order valence-corrected chi connectivity index (χ1v) is 7.87. The highest BCUT2D eigenvalue weighted by Gasteiger charge is 2.40. The lowest BCUT2D eigenvalue weighted by Crippen LogP contribution is -2.57. The number of barbiturate groups is 1. The Kier molecular flexibility index (Phi) is 4.62. The molecule has 4 amide bonds. The van der Waals surface area contributed by atoms with Crippen LogP contribution in [0.5, 0.6) is 0 Å². The van der Waals surface area contributed by atoms with Gasteiger partial charge in [0.2, 0.25) is 11.8 Å². The molecule has 1 fully saturated rings. The van der Waals surface area contributed by atoms with Crippen LogP contribution < -0.4 is 10.6 Å². The molecule has 1 heterocycles. The molecule has 2 N–H and O–H groups in total. The van der Waals surface area contributed by atoms with Crippen molar-refractivity contribution in [2.24, 2.45) is 5.92 Å². The highest BCUT2D eigenvalue weighted by Crippen LogP contribution is 2.31. The summed E-state index contributed by atoms with van der Waals surface area (Å²) in [6.45, 7) is 0. The maximum atomic E-state index is 12.3. The smallest absolute Gasteiger partial charge is 0.277 e. The third kappa shape index (κ3) is 3.46. The van der Waals surface area contributed by atoms with Crippen LogP contribution in [0.2, 0.25) is 5.02 Å². The molecule has 0 radical (unpaired) electrons. The number of nitrogens with one attached hydrogen (secondary N) is 2. The van der Waals surface area contributed by atoms with Crippen molar-refractivity contribution in [1.29, 1.82) is 0 Å². The van der Waals surface area contributed by atoms with Crippen LogP contribution in [0, 0.1) is 5.92 Å². The van der Waals surface area contributed by atoms with E-state index in [0.29, 0.717) is 11.4 Å². The quantitative estimate of drug-likeness (QED) is 0.839. The Balaban J connectivity index is 1.99. The van der Waals surface area contributed by atoms with Gasteiger partial charge in [-0.1, -0.05) is 54.1 Å². The number of rotatable bonds is 4. The first-order valence-electron chi connectivity index (χ1n) is 7.49. The Morgan fingerprint density at radius 2 is 1.58 bits per heavy atom. The zero-order chi connectivity index (χ0) is 17.1. The lowest BCUT2D eigenvalue weighted by molar-refractivity contribution is -0.136. The third-order valence-electron chi connectivity index (χ3n) is 4.02. The molecule has 6 heteroatoms. The summed E-state index contributed by atoms with van der Waals surface area (Å²) in [6, 6.07) is 15.9. The van der Waals surface area contributed by atoms with Crippen molar-refractivity contribution in [2.45, 2.75) is 12.3 Å². The molecule has 0 bridgehead atoms. The van der Waals surface area contributed by atoms with E-state index in [1.54, 1.807) is 18.2 Å². The average Bonchev–Trinajstić information content (AvgIpc) is 2.54. The lowest BCUT2D eigenvalue weighted by atomic mass is 9.80. The van der Waals surface area contributed by atoms with Gasteiger partial charge in [-0.3, -0.25) is 20.2 Å². The summed E-state index contributed by atoms with van der Waals surface area (Å²) in [6.07, 6.45) is 0.473. The van der Waals surface area contributed by atoms with Gasteiger partial charge in [-0.15, -0.1) is 0 Å². The van der Waals surface area contributed by atoms with E-state index < -0.39 is 29.7 Å². The van der Waals surface area contributed by atoms with Crippen LogP contribution in [0.3, 0.4) is 0 Å². The summed E-state index contributed by atoms with van der Waals surface area (Å²) in [4.78, 5) is 35.9. The van der Waals surface area contributed by atoms with Crippen molar-refractivity contribution < 1.29 is 14.4 Å². The van der Waals surface area contributed by atoms with Crippen LogP contribution in [0.15, 0.2) is 54.6 Å². The molecule has 122 valence electrons. The number of carbonyl (C=O) groups excluding carboxylic acids is 3.